The Morgan fingerprint density at radius 1 is 1.18 bits per heavy atom. The van der Waals surface area contributed by atoms with Crippen LogP contribution in [0.1, 0.15) is 0 Å². The first kappa shape index (κ1) is 14.6. The van der Waals surface area contributed by atoms with Crippen molar-refractivity contribution >= 4 is 23.2 Å². The molecule has 0 fully saturated rings. The van der Waals surface area contributed by atoms with Gasteiger partial charge < -0.3 is 15.0 Å². The molecule has 17 heavy (non-hydrogen) atoms. The molecule has 0 atom stereocenters. The minimum Gasteiger partial charge on any atom is -0.489 e. The van der Waals surface area contributed by atoms with Crippen molar-refractivity contribution in [2.45, 2.75) is 0 Å². The predicted octanol–water partition coefficient (Wildman–Crippen LogP) is 2.52. The first-order valence-electron chi connectivity index (χ1n) is 5.53. The summed E-state index contributed by atoms with van der Waals surface area (Å²) in [6.07, 6.45) is 0. The van der Waals surface area contributed by atoms with Crippen molar-refractivity contribution in [3.63, 3.8) is 0 Å². The molecule has 3 nitrogen and oxygen atoms in total. The Hall–Kier alpha value is -0.480. The standard InChI is InChI=1S/C12H18Cl2N2O/c1-16(2)8-6-15-7-9-17-12-10(13)4-3-5-11(12)14/h3-5,15H,6-9H2,1-2H3. The van der Waals surface area contributed by atoms with Gasteiger partial charge in [0.25, 0.3) is 0 Å². The third-order valence-corrected chi connectivity index (χ3v) is 2.78. The number of benzene rings is 1. The van der Waals surface area contributed by atoms with E-state index in [1.54, 1.807) is 18.2 Å². The van der Waals surface area contributed by atoms with E-state index in [-0.39, 0.29) is 0 Å². The van der Waals surface area contributed by atoms with Gasteiger partial charge in [0.2, 0.25) is 0 Å². The number of nitrogens with zero attached hydrogens (tertiary/aromatic N) is 1. The van der Waals surface area contributed by atoms with Gasteiger partial charge in [-0.3, -0.25) is 0 Å². The van der Waals surface area contributed by atoms with Crippen molar-refractivity contribution in [2.75, 3.05) is 40.3 Å². The second kappa shape index (κ2) is 7.77. The minimum atomic E-state index is 0.547. The smallest absolute Gasteiger partial charge is 0.156 e. The van der Waals surface area contributed by atoms with E-state index in [1.807, 2.05) is 14.1 Å². The lowest BCUT2D eigenvalue weighted by Gasteiger charge is -2.12. The average Bonchev–Trinajstić information content (AvgIpc) is 2.26. The van der Waals surface area contributed by atoms with Crippen LogP contribution in [0.15, 0.2) is 18.2 Å². The minimum absolute atomic E-state index is 0.547. The molecule has 0 bridgehead atoms. The molecule has 1 rings (SSSR count). The SMILES string of the molecule is CN(C)CCNCCOc1c(Cl)cccc1Cl. The van der Waals surface area contributed by atoms with E-state index in [4.69, 9.17) is 27.9 Å². The Kier molecular flexibility index (Phi) is 6.66. The molecule has 0 aliphatic rings. The van der Waals surface area contributed by atoms with Crippen molar-refractivity contribution in [3.8, 4) is 5.75 Å². The van der Waals surface area contributed by atoms with Gasteiger partial charge in [0.15, 0.2) is 5.75 Å². The molecule has 0 spiro atoms. The van der Waals surface area contributed by atoms with Crippen LogP contribution in [0.5, 0.6) is 5.75 Å². The lowest BCUT2D eigenvalue weighted by atomic mass is 10.3. The summed E-state index contributed by atoms with van der Waals surface area (Å²) in [6, 6.07) is 5.33. The number of likely N-dealkylation sites (N-methyl/N-ethyl adjacent to an activating group) is 1. The van der Waals surface area contributed by atoms with Crippen LogP contribution < -0.4 is 10.1 Å². The fraction of sp³-hybridized carbons (Fsp3) is 0.500. The number of hydrogen-bond donors (Lipinski definition) is 1. The number of para-hydroxylation sites is 1. The van der Waals surface area contributed by atoms with Gasteiger partial charge in [0.05, 0.1) is 10.0 Å². The van der Waals surface area contributed by atoms with E-state index in [9.17, 15) is 0 Å². The normalized spacial score (nSPS) is 10.9. The van der Waals surface area contributed by atoms with Crippen LogP contribution >= 0.6 is 23.2 Å². The fourth-order valence-electron chi connectivity index (χ4n) is 1.27. The second-order valence-electron chi connectivity index (χ2n) is 3.95. The number of rotatable bonds is 7. The number of hydrogen-bond acceptors (Lipinski definition) is 3. The van der Waals surface area contributed by atoms with Crippen LogP contribution in [-0.2, 0) is 0 Å². The Morgan fingerprint density at radius 2 is 1.82 bits per heavy atom. The zero-order valence-corrected chi connectivity index (χ0v) is 11.7. The predicted molar refractivity (Wildman–Crippen MR) is 73.4 cm³/mol. The summed E-state index contributed by atoms with van der Waals surface area (Å²) in [4.78, 5) is 2.12. The monoisotopic (exact) mass is 276 g/mol. The lowest BCUT2D eigenvalue weighted by molar-refractivity contribution is 0.309. The van der Waals surface area contributed by atoms with Gasteiger partial charge in [-0.2, -0.15) is 0 Å². The van der Waals surface area contributed by atoms with Gasteiger partial charge in [-0.15, -0.1) is 0 Å². The maximum Gasteiger partial charge on any atom is 0.156 e. The molecule has 0 saturated heterocycles. The van der Waals surface area contributed by atoms with E-state index < -0.39 is 0 Å². The third kappa shape index (κ3) is 5.59. The molecule has 1 N–H and O–H groups in total. The van der Waals surface area contributed by atoms with E-state index in [1.165, 1.54) is 0 Å². The van der Waals surface area contributed by atoms with Crippen LogP contribution in [0, 0.1) is 0 Å². The highest BCUT2D eigenvalue weighted by molar-refractivity contribution is 6.37. The number of halogens is 2. The van der Waals surface area contributed by atoms with Crippen LogP contribution in [0.25, 0.3) is 0 Å². The molecular formula is C12H18Cl2N2O. The average molecular weight is 277 g/mol. The molecule has 0 unspecified atom stereocenters. The zero-order valence-electron chi connectivity index (χ0n) is 10.2. The summed E-state index contributed by atoms with van der Waals surface area (Å²) in [6.45, 7) is 3.27. The molecule has 0 aromatic heterocycles. The van der Waals surface area contributed by atoms with E-state index in [2.05, 4.69) is 10.2 Å². The molecule has 0 saturated carbocycles. The molecule has 5 heteroatoms. The van der Waals surface area contributed by atoms with E-state index in [0.717, 1.165) is 19.6 Å². The molecule has 1 aromatic rings. The summed E-state index contributed by atoms with van der Waals surface area (Å²) >= 11 is 11.9. The quantitative estimate of drug-likeness (QED) is 0.775. The molecule has 96 valence electrons. The molecule has 0 radical (unpaired) electrons. The first-order chi connectivity index (χ1) is 8.11. The highest BCUT2D eigenvalue weighted by Crippen LogP contribution is 2.31. The second-order valence-corrected chi connectivity index (χ2v) is 4.77. The highest BCUT2D eigenvalue weighted by Gasteiger charge is 2.05. The Morgan fingerprint density at radius 3 is 2.41 bits per heavy atom. The maximum atomic E-state index is 5.97. The van der Waals surface area contributed by atoms with Crippen LogP contribution in [-0.4, -0.2) is 45.2 Å². The van der Waals surface area contributed by atoms with Gasteiger partial charge in [-0.1, -0.05) is 29.3 Å². The number of nitrogens with one attached hydrogen (secondary N) is 1. The number of ether oxygens (including phenoxy) is 1. The van der Waals surface area contributed by atoms with Crippen molar-refractivity contribution in [1.29, 1.82) is 0 Å². The van der Waals surface area contributed by atoms with Gasteiger partial charge in [-0.25, -0.2) is 0 Å². The first-order valence-corrected chi connectivity index (χ1v) is 6.29. The topological polar surface area (TPSA) is 24.5 Å². The Bertz CT molecular complexity index is 325. The van der Waals surface area contributed by atoms with Gasteiger partial charge in [0.1, 0.15) is 6.61 Å². The summed E-state index contributed by atoms with van der Waals surface area (Å²) in [7, 11) is 4.09. The molecule has 0 aliphatic heterocycles. The third-order valence-electron chi connectivity index (χ3n) is 2.18. The fourth-order valence-corrected chi connectivity index (χ4v) is 1.78. The lowest BCUT2D eigenvalue weighted by Crippen LogP contribution is -2.29. The van der Waals surface area contributed by atoms with Crippen molar-refractivity contribution in [2.24, 2.45) is 0 Å². The van der Waals surface area contributed by atoms with E-state index >= 15 is 0 Å². The Labute approximate surface area is 113 Å². The molecule has 0 amide bonds. The molecule has 1 aromatic carbocycles. The van der Waals surface area contributed by atoms with Crippen LogP contribution in [0.4, 0.5) is 0 Å². The summed E-state index contributed by atoms with van der Waals surface area (Å²) in [5.74, 6) is 0.560. The van der Waals surface area contributed by atoms with Gasteiger partial charge in [0, 0.05) is 19.6 Å². The largest absolute Gasteiger partial charge is 0.489 e. The van der Waals surface area contributed by atoms with Crippen molar-refractivity contribution in [1.82, 2.24) is 10.2 Å². The summed E-state index contributed by atoms with van der Waals surface area (Å²) in [5.41, 5.74) is 0. The maximum absolute atomic E-state index is 5.97. The summed E-state index contributed by atoms with van der Waals surface area (Å²) < 4.78 is 5.53. The summed E-state index contributed by atoms with van der Waals surface area (Å²) in [5, 5.41) is 4.37. The van der Waals surface area contributed by atoms with Gasteiger partial charge in [-0.05, 0) is 26.2 Å². The Balaban J connectivity index is 2.22. The van der Waals surface area contributed by atoms with Crippen molar-refractivity contribution < 1.29 is 4.74 Å². The van der Waals surface area contributed by atoms with E-state index in [0.29, 0.717) is 22.4 Å². The highest BCUT2D eigenvalue weighted by atomic mass is 35.5. The molecule has 0 aliphatic carbocycles. The van der Waals surface area contributed by atoms with Crippen LogP contribution in [0.2, 0.25) is 10.0 Å². The zero-order chi connectivity index (χ0) is 12.7. The van der Waals surface area contributed by atoms with Crippen molar-refractivity contribution in [3.05, 3.63) is 28.2 Å². The molecular weight excluding hydrogens is 259 g/mol. The van der Waals surface area contributed by atoms with Crippen LogP contribution in [0.3, 0.4) is 0 Å². The van der Waals surface area contributed by atoms with Gasteiger partial charge >= 0.3 is 0 Å². The molecule has 0 heterocycles.